The molecule has 0 aliphatic heterocycles. The summed E-state index contributed by atoms with van der Waals surface area (Å²) in [5.74, 6) is -1.53. The third-order valence-corrected chi connectivity index (χ3v) is 4.48. The zero-order chi connectivity index (χ0) is 20.7. The molecule has 2 aromatic carbocycles. The Hall–Kier alpha value is -2.83. The van der Waals surface area contributed by atoms with Crippen molar-refractivity contribution < 1.29 is 22.4 Å². The largest absolute Gasteiger partial charge is 0.471 e. The lowest BCUT2D eigenvalue weighted by molar-refractivity contribution is -0.170. The number of amides is 1. The van der Waals surface area contributed by atoms with Crippen LogP contribution in [0.3, 0.4) is 0 Å². The van der Waals surface area contributed by atoms with E-state index in [0.29, 0.717) is 21.9 Å². The van der Waals surface area contributed by atoms with Crippen molar-refractivity contribution in [2.45, 2.75) is 39.3 Å². The highest BCUT2D eigenvalue weighted by Crippen LogP contribution is 2.31. The van der Waals surface area contributed by atoms with Gasteiger partial charge in [-0.2, -0.15) is 13.2 Å². The molecule has 0 saturated heterocycles. The van der Waals surface area contributed by atoms with Crippen molar-refractivity contribution in [2.24, 2.45) is 0 Å². The quantitative estimate of drug-likeness (QED) is 0.576. The van der Waals surface area contributed by atoms with Gasteiger partial charge in [0.05, 0.1) is 0 Å². The Morgan fingerprint density at radius 1 is 1.07 bits per heavy atom. The van der Waals surface area contributed by atoms with Gasteiger partial charge in [-0.15, -0.1) is 0 Å². The first-order valence-electron chi connectivity index (χ1n) is 8.91. The summed E-state index contributed by atoms with van der Waals surface area (Å²) in [5.41, 5.74) is 2.90. The molecule has 28 heavy (non-hydrogen) atoms. The molecule has 148 valence electrons. The number of oxazole rings is 1. The normalized spacial score (nSPS) is 12.4. The molecule has 0 saturated carbocycles. The van der Waals surface area contributed by atoms with Crippen molar-refractivity contribution in [3.63, 3.8) is 0 Å². The highest BCUT2D eigenvalue weighted by Gasteiger charge is 2.42. The number of hydrogen-bond acceptors (Lipinski definition) is 3. The molecule has 0 bridgehead atoms. The zero-order valence-electron chi connectivity index (χ0n) is 16.1. The average Bonchev–Trinajstić information content (AvgIpc) is 3.04. The Kier molecular flexibility index (Phi) is 4.95. The lowest BCUT2D eigenvalue weighted by Gasteiger charge is -2.21. The van der Waals surface area contributed by atoms with Crippen molar-refractivity contribution in [3.8, 4) is 11.5 Å². The second-order valence-electron chi connectivity index (χ2n) is 7.55. The van der Waals surface area contributed by atoms with E-state index in [9.17, 15) is 18.0 Å². The van der Waals surface area contributed by atoms with Gasteiger partial charge in [0.1, 0.15) is 5.52 Å². The third kappa shape index (κ3) is 3.88. The van der Waals surface area contributed by atoms with E-state index in [0.717, 1.165) is 5.56 Å². The summed E-state index contributed by atoms with van der Waals surface area (Å²) in [6.07, 6.45) is -4.94. The van der Waals surface area contributed by atoms with Gasteiger partial charge in [-0.25, -0.2) is 4.98 Å². The highest BCUT2D eigenvalue weighted by molar-refractivity contribution is 5.98. The van der Waals surface area contributed by atoms with Gasteiger partial charge in [0.2, 0.25) is 5.89 Å². The number of nitrogens with zero attached hydrogens (tertiary/aromatic N) is 2. The molecule has 0 radical (unpaired) electrons. The van der Waals surface area contributed by atoms with Crippen molar-refractivity contribution in [3.05, 3.63) is 48.0 Å². The van der Waals surface area contributed by atoms with Gasteiger partial charge < -0.3 is 9.32 Å². The van der Waals surface area contributed by atoms with Crippen molar-refractivity contribution in [2.75, 3.05) is 11.4 Å². The lowest BCUT2D eigenvalue weighted by Crippen LogP contribution is -2.41. The fourth-order valence-electron chi connectivity index (χ4n) is 2.92. The van der Waals surface area contributed by atoms with Crippen LogP contribution in [-0.4, -0.2) is 23.6 Å². The standard InChI is InChI=1S/C21H21F3N2O2/c1-5-26(19(27)21(22,23)24)15-10-11-17-16(12-15)25-18(28-17)13-6-8-14(9-7-13)20(2,3)4/h6-12H,5H2,1-4H3. The third-order valence-electron chi connectivity index (χ3n) is 4.48. The average molecular weight is 390 g/mol. The molecule has 0 spiro atoms. The molecule has 0 aliphatic rings. The van der Waals surface area contributed by atoms with Gasteiger partial charge in [0.15, 0.2) is 5.58 Å². The molecule has 1 aromatic heterocycles. The predicted octanol–water partition coefficient (Wildman–Crippen LogP) is 5.71. The molecular weight excluding hydrogens is 369 g/mol. The molecule has 1 heterocycles. The van der Waals surface area contributed by atoms with E-state index in [2.05, 4.69) is 25.8 Å². The fourth-order valence-corrected chi connectivity index (χ4v) is 2.92. The number of carbonyl (C=O) groups excluding carboxylic acids is 1. The monoisotopic (exact) mass is 390 g/mol. The first kappa shape index (κ1) is 19.9. The van der Waals surface area contributed by atoms with E-state index < -0.39 is 12.1 Å². The number of alkyl halides is 3. The van der Waals surface area contributed by atoms with E-state index in [1.807, 2.05) is 24.3 Å². The number of rotatable bonds is 3. The Morgan fingerprint density at radius 2 is 1.71 bits per heavy atom. The molecule has 7 heteroatoms. The number of hydrogen-bond donors (Lipinski definition) is 0. The molecular formula is C21H21F3N2O2. The van der Waals surface area contributed by atoms with E-state index in [4.69, 9.17) is 4.42 Å². The number of carbonyl (C=O) groups is 1. The van der Waals surface area contributed by atoms with Gasteiger partial charge in [0, 0.05) is 17.8 Å². The van der Waals surface area contributed by atoms with E-state index in [1.54, 1.807) is 0 Å². The van der Waals surface area contributed by atoms with Crippen LogP contribution in [-0.2, 0) is 10.2 Å². The van der Waals surface area contributed by atoms with Crippen molar-refractivity contribution in [1.29, 1.82) is 0 Å². The minimum atomic E-state index is -4.94. The van der Waals surface area contributed by atoms with Crippen LogP contribution >= 0.6 is 0 Å². The number of fused-ring (bicyclic) bond motifs is 1. The van der Waals surface area contributed by atoms with E-state index in [1.165, 1.54) is 30.7 Å². The molecule has 4 nitrogen and oxygen atoms in total. The lowest BCUT2D eigenvalue weighted by atomic mass is 9.87. The van der Waals surface area contributed by atoms with Crippen LogP contribution < -0.4 is 4.90 Å². The molecule has 0 aliphatic carbocycles. The maximum atomic E-state index is 12.8. The fraction of sp³-hybridized carbons (Fsp3) is 0.333. The summed E-state index contributed by atoms with van der Waals surface area (Å²) in [6, 6.07) is 12.2. The smallest absolute Gasteiger partial charge is 0.436 e. The van der Waals surface area contributed by atoms with E-state index >= 15 is 0 Å². The molecule has 1 amide bonds. The van der Waals surface area contributed by atoms with Crippen LogP contribution in [0.5, 0.6) is 0 Å². The Morgan fingerprint density at radius 3 is 2.25 bits per heavy atom. The summed E-state index contributed by atoms with van der Waals surface area (Å²) in [4.78, 5) is 16.7. The topological polar surface area (TPSA) is 46.3 Å². The summed E-state index contributed by atoms with van der Waals surface area (Å²) in [6.45, 7) is 7.72. The minimum absolute atomic E-state index is 0.0172. The van der Waals surface area contributed by atoms with Gasteiger partial charge in [0.25, 0.3) is 0 Å². The molecule has 0 N–H and O–H groups in total. The summed E-state index contributed by atoms with van der Waals surface area (Å²) in [7, 11) is 0. The van der Waals surface area contributed by atoms with Gasteiger partial charge in [-0.05, 0) is 48.2 Å². The summed E-state index contributed by atoms with van der Waals surface area (Å²) in [5, 5.41) is 0. The predicted molar refractivity (Wildman–Crippen MR) is 102 cm³/mol. The zero-order valence-corrected chi connectivity index (χ0v) is 16.1. The first-order valence-corrected chi connectivity index (χ1v) is 8.91. The summed E-state index contributed by atoms with van der Waals surface area (Å²) < 4.78 is 44.1. The van der Waals surface area contributed by atoms with Crippen LogP contribution in [0.25, 0.3) is 22.6 Å². The Bertz CT molecular complexity index is 999. The highest BCUT2D eigenvalue weighted by atomic mass is 19.4. The second kappa shape index (κ2) is 6.96. The number of anilines is 1. The Balaban J connectivity index is 1.96. The van der Waals surface area contributed by atoms with Crippen LogP contribution in [0, 0.1) is 0 Å². The van der Waals surface area contributed by atoms with Gasteiger partial charge >= 0.3 is 12.1 Å². The molecule has 3 aromatic rings. The minimum Gasteiger partial charge on any atom is -0.436 e. The molecule has 0 atom stereocenters. The first-order chi connectivity index (χ1) is 13.0. The number of benzene rings is 2. The number of aromatic nitrogens is 1. The molecule has 0 unspecified atom stereocenters. The number of halogens is 3. The Labute approximate surface area is 161 Å². The van der Waals surface area contributed by atoms with Crippen LogP contribution in [0.4, 0.5) is 18.9 Å². The van der Waals surface area contributed by atoms with Gasteiger partial charge in [-0.3, -0.25) is 4.79 Å². The molecule has 3 rings (SSSR count). The SMILES string of the molecule is CCN(C(=O)C(F)(F)F)c1ccc2oc(-c3ccc(C(C)(C)C)cc3)nc2c1. The van der Waals surface area contributed by atoms with Gasteiger partial charge in [-0.1, -0.05) is 32.9 Å². The molecule has 0 fully saturated rings. The van der Waals surface area contributed by atoms with Crippen LogP contribution in [0.2, 0.25) is 0 Å². The summed E-state index contributed by atoms with van der Waals surface area (Å²) >= 11 is 0. The van der Waals surface area contributed by atoms with Crippen molar-refractivity contribution in [1.82, 2.24) is 4.98 Å². The maximum Gasteiger partial charge on any atom is 0.471 e. The maximum absolute atomic E-state index is 12.8. The van der Waals surface area contributed by atoms with Crippen LogP contribution in [0.1, 0.15) is 33.3 Å². The van der Waals surface area contributed by atoms with Crippen molar-refractivity contribution >= 4 is 22.7 Å². The van der Waals surface area contributed by atoms with Crippen LogP contribution in [0.15, 0.2) is 46.9 Å². The van der Waals surface area contributed by atoms with E-state index in [-0.39, 0.29) is 17.6 Å². The second-order valence-corrected chi connectivity index (χ2v) is 7.55.